The second kappa shape index (κ2) is 46.6. The van der Waals surface area contributed by atoms with Gasteiger partial charge in [0.2, 0.25) is 5.91 Å². The fraction of sp³-hybridized carbons (Fsp3) is 0.695. The lowest BCUT2D eigenvalue weighted by molar-refractivity contribution is -0.305. The molecule has 8 unspecified atom stereocenters. The summed E-state index contributed by atoms with van der Waals surface area (Å²) in [5, 5.41) is 56.7. The minimum absolute atomic E-state index is 0.0216. The van der Waals surface area contributed by atoms with Crippen LogP contribution in [0.5, 0.6) is 0 Å². The molecule has 8 atom stereocenters. The molecule has 1 rings (SSSR count). The number of unbranched alkanes of at least 4 members (excludes halogenated alkanes) is 20. The van der Waals surface area contributed by atoms with Gasteiger partial charge < -0.3 is 45.1 Å². The lowest BCUT2D eigenvalue weighted by atomic mass is 9.99. The summed E-state index contributed by atoms with van der Waals surface area (Å²) in [5.41, 5.74) is 0. The number of carbonyl (C=O) groups excluding carboxylic acids is 2. The van der Waals surface area contributed by atoms with E-state index in [4.69, 9.17) is 14.2 Å². The average Bonchev–Trinajstić information content (AvgIpc) is 3.36. The maximum absolute atomic E-state index is 13.4. The van der Waals surface area contributed by atoms with Crippen LogP contribution in [0.3, 0.4) is 0 Å². The molecule has 0 radical (unpaired) electrons. The molecule has 0 aromatic carbocycles. The van der Waals surface area contributed by atoms with Gasteiger partial charge in [0.1, 0.15) is 24.4 Å². The topological polar surface area (TPSA) is 175 Å². The van der Waals surface area contributed by atoms with E-state index in [9.17, 15) is 35.1 Å². The second-order valence-electron chi connectivity index (χ2n) is 18.7. The monoisotopic (exact) mass is 982 g/mol. The Balaban J connectivity index is 2.81. The van der Waals surface area contributed by atoms with Crippen molar-refractivity contribution in [1.29, 1.82) is 0 Å². The first kappa shape index (κ1) is 64.6. The summed E-state index contributed by atoms with van der Waals surface area (Å²) in [7, 11) is 0. The average molecular weight is 982 g/mol. The number of carbonyl (C=O) groups is 2. The highest BCUT2D eigenvalue weighted by atomic mass is 16.7. The molecule has 400 valence electrons. The van der Waals surface area contributed by atoms with Gasteiger partial charge in [0, 0.05) is 6.42 Å². The second-order valence-corrected chi connectivity index (χ2v) is 18.7. The van der Waals surface area contributed by atoms with E-state index in [2.05, 4.69) is 56.5 Å². The van der Waals surface area contributed by atoms with E-state index in [1.807, 2.05) is 60.8 Å². The van der Waals surface area contributed by atoms with E-state index in [1.165, 1.54) is 64.2 Å². The van der Waals surface area contributed by atoms with Crippen LogP contribution in [0.15, 0.2) is 97.2 Å². The Bertz CT molecular complexity index is 1500. The van der Waals surface area contributed by atoms with Crippen molar-refractivity contribution in [3.8, 4) is 0 Å². The maximum atomic E-state index is 13.4. The molecule has 1 fully saturated rings. The first-order valence-corrected chi connectivity index (χ1v) is 27.6. The zero-order valence-electron chi connectivity index (χ0n) is 43.8. The molecule has 0 bridgehead atoms. The Morgan fingerprint density at radius 3 is 1.67 bits per heavy atom. The summed E-state index contributed by atoms with van der Waals surface area (Å²) < 4.78 is 17.4. The van der Waals surface area contributed by atoms with Gasteiger partial charge >= 0.3 is 5.97 Å². The molecule has 1 saturated heterocycles. The first-order valence-electron chi connectivity index (χ1n) is 27.6. The molecule has 1 heterocycles. The van der Waals surface area contributed by atoms with Gasteiger partial charge in [0.15, 0.2) is 12.4 Å². The number of hydrogen-bond donors (Lipinski definition) is 6. The summed E-state index contributed by atoms with van der Waals surface area (Å²) in [6.45, 7) is 5.54. The highest BCUT2D eigenvalue weighted by molar-refractivity contribution is 5.80. The molecule has 1 aliphatic heterocycles. The summed E-state index contributed by atoms with van der Waals surface area (Å²) in [4.78, 5) is 26.4. The molecule has 1 amide bonds. The number of allylic oxidation sites excluding steroid dienone is 15. The highest BCUT2D eigenvalue weighted by Crippen LogP contribution is 2.26. The van der Waals surface area contributed by atoms with Crippen molar-refractivity contribution in [2.24, 2.45) is 0 Å². The van der Waals surface area contributed by atoms with E-state index >= 15 is 0 Å². The molecule has 0 aromatic heterocycles. The number of esters is 1. The van der Waals surface area contributed by atoms with Crippen LogP contribution < -0.4 is 5.32 Å². The van der Waals surface area contributed by atoms with Crippen LogP contribution in [-0.2, 0) is 23.8 Å². The van der Waals surface area contributed by atoms with Crippen LogP contribution in [0.4, 0.5) is 0 Å². The normalized spacial score (nSPS) is 20.5. The maximum Gasteiger partial charge on any atom is 0.306 e. The SMILES string of the molecule is CC/C=C/C=C/C=C\C=C/C=C/CCCC(=O)OC1C(OCC(NC(=O)C(O)CCCCCCCC/C=C\C/C=C\CCCCC)C(O)/C=C/CCCCCCCCCCCC)OC(CO)C(O)C1O. The van der Waals surface area contributed by atoms with Gasteiger partial charge in [-0.2, -0.15) is 0 Å². The van der Waals surface area contributed by atoms with E-state index < -0.39 is 67.4 Å². The molecule has 70 heavy (non-hydrogen) atoms. The van der Waals surface area contributed by atoms with Crippen molar-refractivity contribution < 1.29 is 49.3 Å². The first-order chi connectivity index (χ1) is 34.2. The number of rotatable bonds is 44. The smallest absolute Gasteiger partial charge is 0.306 e. The molecule has 11 nitrogen and oxygen atoms in total. The Morgan fingerprint density at radius 2 is 1.09 bits per heavy atom. The van der Waals surface area contributed by atoms with Crippen molar-refractivity contribution in [3.63, 3.8) is 0 Å². The van der Waals surface area contributed by atoms with Gasteiger partial charge in [-0.1, -0.05) is 221 Å². The third-order valence-corrected chi connectivity index (χ3v) is 12.3. The number of nitrogens with one attached hydrogen (secondary N) is 1. The quantitative estimate of drug-likeness (QED) is 0.0149. The molecule has 6 N–H and O–H groups in total. The van der Waals surface area contributed by atoms with Crippen LogP contribution in [0.25, 0.3) is 0 Å². The van der Waals surface area contributed by atoms with Crippen molar-refractivity contribution >= 4 is 11.9 Å². The van der Waals surface area contributed by atoms with Gasteiger partial charge in [0.05, 0.1) is 25.4 Å². The van der Waals surface area contributed by atoms with Crippen LogP contribution in [0, 0.1) is 0 Å². The van der Waals surface area contributed by atoms with Crippen molar-refractivity contribution in [2.75, 3.05) is 13.2 Å². The van der Waals surface area contributed by atoms with Crippen LogP contribution in [0.1, 0.15) is 201 Å². The summed E-state index contributed by atoms with van der Waals surface area (Å²) >= 11 is 0. The Labute approximate surface area is 425 Å². The number of hydrogen-bond acceptors (Lipinski definition) is 10. The fourth-order valence-electron chi connectivity index (χ4n) is 7.94. The van der Waals surface area contributed by atoms with Gasteiger partial charge in [-0.15, -0.1) is 0 Å². The number of amides is 1. The van der Waals surface area contributed by atoms with Crippen molar-refractivity contribution in [3.05, 3.63) is 97.2 Å². The van der Waals surface area contributed by atoms with Crippen molar-refractivity contribution in [2.45, 2.75) is 250 Å². The van der Waals surface area contributed by atoms with E-state index in [1.54, 1.807) is 6.08 Å². The summed E-state index contributed by atoms with van der Waals surface area (Å²) in [6, 6.07) is -1.05. The van der Waals surface area contributed by atoms with Crippen LogP contribution in [-0.4, -0.2) is 99.6 Å². The number of aliphatic hydroxyl groups excluding tert-OH is 5. The predicted molar refractivity (Wildman–Crippen MR) is 287 cm³/mol. The van der Waals surface area contributed by atoms with Crippen LogP contribution in [0.2, 0.25) is 0 Å². The standard InChI is InChI=1S/C59H99NO10/c1-4-7-10-13-16-19-22-25-26-27-29-31-34-37-40-43-46-52(63)58(67)60-50(51(62)45-42-39-36-33-30-24-21-18-15-12-9-6-3)49-68-59-57(56(66)55(65)53(48-61)69-59)70-54(64)47-44-41-38-35-32-28-23-20-17-14-11-8-5-2/h8,11,14,16-17,19-20,23,25-26,28,32,35,38,42,45,50-53,55-57,59,61-63,65-66H,4-7,9-10,12-13,15,18,21-22,24,27,29-31,33-34,36-37,39-41,43-44,46-49H2,1-3H3,(H,60,67)/b11-8+,17-14+,19-16-,23-20-,26-25-,32-28-,38-35+,45-42+. The van der Waals surface area contributed by atoms with E-state index in [0.29, 0.717) is 19.3 Å². The third-order valence-electron chi connectivity index (χ3n) is 12.3. The number of ether oxygens (including phenoxy) is 3. The lowest BCUT2D eigenvalue weighted by Crippen LogP contribution is -2.61. The Hall–Kier alpha value is -3.42. The molecular weight excluding hydrogens is 883 g/mol. The predicted octanol–water partition coefficient (Wildman–Crippen LogP) is 12.0. The third kappa shape index (κ3) is 34.8. The molecule has 0 saturated carbocycles. The zero-order valence-corrected chi connectivity index (χ0v) is 43.8. The van der Waals surface area contributed by atoms with Gasteiger partial charge in [-0.25, -0.2) is 0 Å². The number of aliphatic hydroxyl groups is 5. The van der Waals surface area contributed by atoms with Gasteiger partial charge in [0.25, 0.3) is 0 Å². The molecule has 0 aliphatic carbocycles. The molecule has 0 aromatic rings. The minimum Gasteiger partial charge on any atom is -0.454 e. The summed E-state index contributed by atoms with van der Waals surface area (Å²) in [5.74, 6) is -1.29. The van der Waals surface area contributed by atoms with Crippen molar-refractivity contribution in [1.82, 2.24) is 5.32 Å². The zero-order chi connectivity index (χ0) is 51.1. The Kier molecular flexibility index (Phi) is 43.0. The Morgan fingerprint density at radius 1 is 0.586 bits per heavy atom. The van der Waals surface area contributed by atoms with Gasteiger partial charge in [-0.3, -0.25) is 9.59 Å². The van der Waals surface area contributed by atoms with E-state index in [-0.39, 0.29) is 19.4 Å². The van der Waals surface area contributed by atoms with E-state index in [0.717, 1.165) is 83.5 Å². The summed E-state index contributed by atoms with van der Waals surface area (Å²) in [6.07, 6.45) is 50.3. The molecular formula is C59H99NO10. The molecule has 0 spiro atoms. The van der Waals surface area contributed by atoms with Crippen LogP contribution >= 0.6 is 0 Å². The highest BCUT2D eigenvalue weighted by Gasteiger charge is 2.47. The molecule has 1 aliphatic rings. The van der Waals surface area contributed by atoms with Gasteiger partial charge in [-0.05, 0) is 70.6 Å². The lowest BCUT2D eigenvalue weighted by Gasteiger charge is -2.41. The largest absolute Gasteiger partial charge is 0.454 e. The molecule has 11 heteroatoms. The fourth-order valence-corrected chi connectivity index (χ4v) is 7.94. The minimum atomic E-state index is -1.65.